The average Bonchev–Trinajstić information content (AvgIpc) is 3.09. The van der Waals surface area contributed by atoms with Crippen LogP contribution < -0.4 is 9.47 Å². The summed E-state index contributed by atoms with van der Waals surface area (Å²) in [6.45, 7) is 8.11. The molecule has 2 aliphatic rings. The molecule has 0 N–H and O–H groups in total. The molecular weight excluding hydrogens is 332 g/mol. The third kappa shape index (κ3) is 4.48. The van der Waals surface area contributed by atoms with Crippen LogP contribution in [0.1, 0.15) is 32.3 Å². The number of hydrogen-bond acceptors (Lipinski definition) is 5. The number of fused-ring (bicyclic) bond motifs is 1. The largest absolute Gasteiger partial charge is 0.454 e. The van der Waals surface area contributed by atoms with Gasteiger partial charge in [-0.25, -0.2) is 0 Å². The number of benzene rings is 1. The number of rotatable bonds is 7. The van der Waals surface area contributed by atoms with Gasteiger partial charge in [-0.1, -0.05) is 6.07 Å². The maximum absolute atomic E-state index is 12.7. The Morgan fingerprint density at radius 1 is 1.19 bits per heavy atom. The van der Waals surface area contributed by atoms with Crippen LogP contribution in [0.3, 0.4) is 0 Å². The maximum atomic E-state index is 12.7. The Kier molecular flexibility index (Phi) is 6.38. The molecule has 6 heteroatoms. The van der Waals surface area contributed by atoms with Gasteiger partial charge in [0.05, 0.1) is 0 Å². The van der Waals surface area contributed by atoms with Crippen LogP contribution in [-0.4, -0.2) is 67.9 Å². The first-order chi connectivity index (χ1) is 12.6. The second kappa shape index (κ2) is 8.73. The van der Waals surface area contributed by atoms with Gasteiger partial charge in [0.2, 0.25) is 12.7 Å². The molecule has 144 valence electrons. The van der Waals surface area contributed by atoms with Crippen molar-refractivity contribution in [1.29, 1.82) is 0 Å². The molecule has 2 unspecified atom stereocenters. The highest BCUT2D eigenvalue weighted by Gasteiger charge is 2.31. The molecule has 3 rings (SSSR count). The number of ether oxygens (including phenoxy) is 3. The van der Waals surface area contributed by atoms with E-state index in [2.05, 4.69) is 18.7 Å². The fourth-order valence-electron chi connectivity index (χ4n) is 3.90. The number of amides is 1. The number of aryl methyl sites for hydroxylation is 1. The second-order valence-electron chi connectivity index (χ2n) is 7.27. The van der Waals surface area contributed by atoms with Crippen molar-refractivity contribution >= 4 is 5.91 Å². The van der Waals surface area contributed by atoms with Gasteiger partial charge in [0.1, 0.15) is 0 Å². The van der Waals surface area contributed by atoms with E-state index in [0.717, 1.165) is 56.1 Å². The molecule has 1 amide bonds. The van der Waals surface area contributed by atoms with Gasteiger partial charge in [-0.05, 0) is 44.4 Å². The van der Waals surface area contributed by atoms with Crippen molar-refractivity contribution in [2.45, 2.75) is 45.2 Å². The van der Waals surface area contributed by atoms with Crippen LogP contribution in [0.5, 0.6) is 11.5 Å². The lowest BCUT2D eigenvalue weighted by atomic mass is 10.0. The lowest BCUT2D eigenvalue weighted by Crippen LogP contribution is -2.58. The zero-order chi connectivity index (χ0) is 18.5. The number of nitrogens with zero attached hydrogens (tertiary/aromatic N) is 2. The minimum atomic E-state index is 0.234. The summed E-state index contributed by atoms with van der Waals surface area (Å²) in [5, 5.41) is 0. The fourth-order valence-corrected chi connectivity index (χ4v) is 3.90. The molecule has 0 radical (unpaired) electrons. The number of carbonyl (C=O) groups excluding carboxylic acids is 1. The second-order valence-corrected chi connectivity index (χ2v) is 7.27. The van der Waals surface area contributed by atoms with Gasteiger partial charge in [-0.3, -0.25) is 9.69 Å². The van der Waals surface area contributed by atoms with Crippen molar-refractivity contribution in [3.05, 3.63) is 23.8 Å². The van der Waals surface area contributed by atoms with Crippen LogP contribution in [-0.2, 0) is 16.0 Å². The molecule has 2 atom stereocenters. The van der Waals surface area contributed by atoms with Crippen LogP contribution in [0.4, 0.5) is 0 Å². The lowest BCUT2D eigenvalue weighted by molar-refractivity contribution is -0.135. The fraction of sp³-hybridized carbons (Fsp3) is 0.650. The molecule has 0 saturated carbocycles. The van der Waals surface area contributed by atoms with E-state index in [-0.39, 0.29) is 12.7 Å². The summed E-state index contributed by atoms with van der Waals surface area (Å²) >= 11 is 0. The predicted molar refractivity (Wildman–Crippen MR) is 99.6 cm³/mol. The molecule has 2 aliphatic heterocycles. The van der Waals surface area contributed by atoms with Gasteiger partial charge in [0, 0.05) is 51.9 Å². The lowest BCUT2D eigenvalue weighted by Gasteiger charge is -2.44. The Labute approximate surface area is 156 Å². The highest BCUT2D eigenvalue weighted by Crippen LogP contribution is 2.32. The molecule has 0 bridgehead atoms. The van der Waals surface area contributed by atoms with Gasteiger partial charge in [-0.15, -0.1) is 0 Å². The standard InChI is InChI=1S/C20H30N2O4/c1-15-12-21(13-16(2)22(15)9-4-10-24-3)20(23)8-6-17-5-7-18-19(11-17)26-14-25-18/h5,7,11,15-16H,4,6,8-10,12-14H2,1-3H3. The molecule has 0 aliphatic carbocycles. The van der Waals surface area contributed by atoms with E-state index in [4.69, 9.17) is 14.2 Å². The zero-order valence-corrected chi connectivity index (χ0v) is 16.1. The summed E-state index contributed by atoms with van der Waals surface area (Å²) in [7, 11) is 1.74. The number of carbonyl (C=O) groups is 1. The first-order valence-corrected chi connectivity index (χ1v) is 9.49. The Bertz CT molecular complexity index is 610. The first-order valence-electron chi connectivity index (χ1n) is 9.49. The first kappa shape index (κ1) is 19.0. The van der Waals surface area contributed by atoms with Crippen molar-refractivity contribution in [3.63, 3.8) is 0 Å². The Morgan fingerprint density at radius 3 is 2.65 bits per heavy atom. The molecule has 1 aromatic carbocycles. The van der Waals surface area contributed by atoms with E-state index in [1.165, 1.54) is 0 Å². The van der Waals surface area contributed by atoms with E-state index in [0.29, 0.717) is 18.5 Å². The third-order valence-corrected chi connectivity index (χ3v) is 5.28. The zero-order valence-electron chi connectivity index (χ0n) is 16.1. The SMILES string of the molecule is COCCCN1C(C)CN(C(=O)CCc2ccc3c(c2)OCO3)CC1C. The van der Waals surface area contributed by atoms with Crippen LogP contribution in [0.15, 0.2) is 18.2 Å². The summed E-state index contributed by atoms with van der Waals surface area (Å²) in [6, 6.07) is 6.68. The number of piperazine rings is 1. The summed E-state index contributed by atoms with van der Waals surface area (Å²) in [5.74, 6) is 1.80. The minimum absolute atomic E-state index is 0.234. The molecule has 0 aromatic heterocycles. The quantitative estimate of drug-likeness (QED) is 0.697. The molecular formula is C20H30N2O4. The highest BCUT2D eigenvalue weighted by molar-refractivity contribution is 5.76. The molecule has 2 heterocycles. The van der Waals surface area contributed by atoms with Crippen molar-refractivity contribution in [3.8, 4) is 11.5 Å². The van der Waals surface area contributed by atoms with E-state index in [1.807, 2.05) is 23.1 Å². The average molecular weight is 362 g/mol. The molecule has 6 nitrogen and oxygen atoms in total. The summed E-state index contributed by atoms with van der Waals surface area (Å²) < 4.78 is 15.9. The van der Waals surface area contributed by atoms with Gasteiger partial charge in [0.15, 0.2) is 11.5 Å². The summed E-state index contributed by atoms with van der Waals surface area (Å²) in [4.78, 5) is 17.2. The Hall–Kier alpha value is -1.79. The predicted octanol–water partition coefficient (Wildman–Crippen LogP) is 2.31. The van der Waals surface area contributed by atoms with E-state index in [9.17, 15) is 4.79 Å². The van der Waals surface area contributed by atoms with Crippen LogP contribution in [0.2, 0.25) is 0 Å². The van der Waals surface area contributed by atoms with Crippen LogP contribution in [0.25, 0.3) is 0 Å². The van der Waals surface area contributed by atoms with Gasteiger partial charge < -0.3 is 19.1 Å². The van der Waals surface area contributed by atoms with Crippen LogP contribution in [0, 0.1) is 0 Å². The van der Waals surface area contributed by atoms with Gasteiger partial charge in [-0.2, -0.15) is 0 Å². The van der Waals surface area contributed by atoms with Crippen molar-refractivity contribution in [2.75, 3.05) is 40.1 Å². The maximum Gasteiger partial charge on any atom is 0.231 e. The Morgan fingerprint density at radius 2 is 1.92 bits per heavy atom. The number of hydrogen-bond donors (Lipinski definition) is 0. The van der Waals surface area contributed by atoms with Gasteiger partial charge >= 0.3 is 0 Å². The third-order valence-electron chi connectivity index (χ3n) is 5.28. The molecule has 1 saturated heterocycles. The van der Waals surface area contributed by atoms with Crippen molar-refractivity contribution in [1.82, 2.24) is 9.80 Å². The molecule has 26 heavy (non-hydrogen) atoms. The normalized spacial score (nSPS) is 22.7. The van der Waals surface area contributed by atoms with E-state index in [1.54, 1.807) is 7.11 Å². The van der Waals surface area contributed by atoms with Gasteiger partial charge in [0.25, 0.3) is 0 Å². The monoisotopic (exact) mass is 362 g/mol. The van der Waals surface area contributed by atoms with E-state index >= 15 is 0 Å². The summed E-state index contributed by atoms with van der Waals surface area (Å²) in [5.41, 5.74) is 1.11. The summed E-state index contributed by atoms with van der Waals surface area (Å²) in [6.07, 6.45) is 2.29. The molecule has 1 fully saturated rings. The number of methoxy groups -OCH3 is 1. The van der Waals surface area contributed by atoms with Crippen molar-refractivity contribution < 1.29 is 19.0 Å². The minimum Gasteiger partial charge on any atom is -0.454 e. The Balaban J connectivity index is 1.49. The van der Waals surface area contributed by atoms with E-state index < -0.39 is 0 Å². The smallest absolute Gasteiger partial charge is 0.231 e. The molecule has 1 aromatic rings. The topological polar surface area (TPSA) is 51.2 Å². The van der Waals surface area contributed by atoms with Crippen LogP contribution >= 0.6 is 0 Å². The molecule has 0 spiro atoms. The highest BCUT2D eigenvalue weighted by atomic mass is 16.7. The van der Waals surface area contributed by atoms with Crippen molar-refractivity contribution in [2.24, 2.45) is 0 Å².